The van der Waals surface area contributed by atoms with Crippen molar-refractivity contribution in [2.45, 2.75) is 25.8 Å². The molecule has 1 unspecified atom stereocenters. The van der Waals surface area contributed by atoms with Crippen LogP contribution in [0.3, 0.4) is 0 Å². The highest BCUT2D eigenvalue weighted by Gasteiger charge is 2.25. The van der Waals surface area contributed by atoms with Gasteiger partial charge in [0.2, 0.25) is 5.88 Å². The van der Waals surface area contributed by atoms with E-state index in [1.165, 1.54) is 6.33 Å². The Morgan fingerprint density at radius 2 is 2.44 bits per heavy atom. The summed E-state index contributed by atoms with van der Waals surface area (Å²) in [6.07, 6.45) is 3.62. The normalized spacial score (nSPS) is 20.1. The molecule has 2 heterocycles. The Balaban J connectivity index is 2.16. The minimum absolute atomic E-state index is 0.175. The average molecular weight is 223 g/mol. The lowest BCUT2D eigenvalue weighted by Gasteiger charge is -2.23. The lowest BCUT2D eigenvalue weighted by atomic mass is 10.2. The van der Waals surface area contributed by atoms with Crippen LogP contribution in [-0.4, -0.2) is 40.9 Å². The minimum Gasteiger partial charge on any atom is -0.478 e. The Hall–Kier alpha value is -1.36. The molecule has 1 aromatic rings. The van der Waals surface area contributed by atoms with Gasteiger partial charge in [0.25, 0.3) is 0 Å². The van der Waals surface area contributed by atoms with Crippen molar-refractivity contribution in [3.8, 4) is 5.88 Å². The van der Waals surface area contributed by atoms with Crippen molar-refractivity contribution >= 4 is 5.82 Å². The van der Waals surface area contributed by atoms with Crippen LogP contribution in [0.5, 0.6) is 5.88 Å². The lowest BCUT2D eigenvalue weighted by molar-refractivity contribution is 0.265. The summed E-state index contributed by atoms with van der Waals surface area (Å²) in [4.78, 5) is 10.4. The van der Waals surface area contributed by atoms with Crippen LogP contribution in [0, 0.1) is 0 Å². The summed E-state index contributed by atoms with van der Waals surface area (Å²) in [6, 6.07) is 2.02. The topological polar surface area (TPSA) is 58.5 Å². The Labute approximate surface area is 95.1 Å². The molecular formula is C11H17N3O2. The fraction of sp³-hybridized carbons (Fsp3) is 0.636. The molecule has 0 aliphatic carbocycles. The molecule has 2 rings (SSSR count). The van der Waals surface area contributed by atoms with E-state index in [0.29, 0.717) is 12.5 Å². The molecule has 1 fully saturated rings. The first-order valence-corrected chi connectivity index (χ1v) is 5.67. The van der Waals surface area contributed by atoms with Crippen molar-refractivity contribution in [1.29, 1.82) is 0 Å². The molecule has 5 heteroatoms. The second-order valence-electron chi connectivity index (χ2n) is 3.82. The zero-order valence-electron chi connectivity index (χ0n) is 9.46. The van der Waals surface area contributed by atoms with Crippen molar-refractivity contribution in [3.05, 3.63) is 12.4 Å². The van der Waals surface area contributed by atoms with Crippen molar-refractivity contribution < 1.29 is 9.84 Å². The third-order valence-corrected chi connectivity index (χ3v) is 2.80. The van der Waals surface area contributed by atoms with Crippen LogP contribution in [0.4, 0.5) is 5.82 Å². The van der Waals surface area contributed by atoms with Crippen LogP contribution >= 0.6 is 0 Å². The van der Waals surface area contributed by atoms with Crippen molar-refractivity contribution in [1.82, 2.24) is 9.97 Å². The van der Waals surface area contributed by atoms with Gasteiger partial charge < -0.3 is 14.7 Å². The first-order valence-electron chi connectivity index (χ1n) is 5.67. The number of aliphatic hydroxyl groups is 1. The fourth-order valence-electron chi connectivity index (χ4n) is 2.04. The van der Waals surface area contributed by atoms with Gasteiger partial charge in [0.15, 0.2) is 0 Å². The zero-order valence-corrected chi connectivity index (χ0v) is 9.46. The summed E-state index contributed by atoms with van der Waals surface area (Å²) < 4.78 is 5.33. The molecular weight excluding hydrogens is 206 g/mol. The van der Waals surface area contributed by atoms with Gasteiger partial charge in [-0.15, -0.1) is 0 Å². The highest BCUT2D eigenvalue weighted by molar-refractivity contribution is 5.43. The molecule has 1 aromatic heterocycles. The maximum absolute atomic E-state index is 9.25. The van der Waals surface area contributed by atoms with Crippen LogP contribution in [0.1, 0.15) is 19.8 Å². The van der Waals surface area contributed by atoms with Gasteiger partial charge >= 0.3 is 0 Å². The Bertz CT molecular complexity index is 346. The molecule has 1 aliphatic heterocycles. The first-order chi connectivity index (χ1) is 7.85. The standard InChI is InChI=1S/C11H17N3O2/c1-2-16-11-6-10(12-8-13-11)14-5-3-4-9(14)7-15/h6,8-9,15H,2-5,7H2,1H3. The molecule has 5 nitrogen and oxygen atoms in total. The molecule has 1 atom stereocenters. The van der Waals surface area contributed by atoms with Gasteiger partial charge in [-0.2, -0.15) is 0 Å². The molecule has 1 saturated heterocycles. The van der Waals surface area contributed by atoms with E-state index in [1.807, 2.05) is 13.0 Å². The van der Waals surface area contributed by atoms with Crippen LogP contribution in [0.2, 0.25) is 0 Å². The number of anilines is 1. The van der Waals surface area contributed by atoms with E-state index in [9.17, 15) is 5.11 Å². The van der Waals surface area contributed by atoms with E-state index in [2.05, 4.69) is 14.9 Å². The highest BCUT2D eigenvalue weighted by Crippen LogP contribution is 2.24. The summed E-state index contributed by atoms with van der Waals surface area (Å²) in [5.74, 6) is 1.44. The van der Waals surface area contributed by atoms with Gasteiger partial charge in [-0.25, -0.2) is 9.97 Å². The molecule has 0 aromatic carbocycles. The highest BCUT2D eigenvalue weighted by atomic mass is 16.5. The SMILES string of the molecule is CCOc1cc(N2CCCC2CO)ncn1. The van der Waals surface area contributed by atoms with E-state index in [4.69, 9.17) is 4.74 Å². The van der Waals surface area contributed by atoms with E-state index >= 15 is 0 Å². The predicted octanol–water partition coefficient (Wildman–Crippen LogP) is 0.836. The number of aliphatic hydroxyl groups excluding tert-OH is 1. The number of rotatable bonds is 4. The van der Waals surface area contributed by atoms with E-state index in [-0.39, 0.29) is 12.6 Å². The van der Waals surface area contributed by atoms with Crippen LogP contribution in [0.25, 0.3) is 0 Å². The predicted molar refractivity (Wildman–Crippen MR) is 60.7 cm³/mol. The lowest BCUT2D eigenvalue weighted by Crippen LogP contribution is -2.32. The average Bonchev–Trinajstić information content (AvgIpc) is 2.78. The molecule has 0 amide bonds. The molecule has 0 saturated carbocycles. The maximum atomic E-state index is 9.25. The van der Waals surface area contributed by atoms with Gasteiger partial charge in [-0.05, 0) is 19.8 Å². The molecule has 0 bridgehead atoms. The van der Waals surface area contributed by atoms with E-state index in [0.717, 1.165) is 25.2 Å². The fourth-order valence-corrected chi connectivity index (χ4v) is 2.04. The molecule has 16 heavy (non-hydrogen) atoms. The number of hydrogen-bond acceptors (Lipinski definition) is 5. The second kappa shape index (κ2) is 5.12. The third-order valence-electron chi connectivity index (χ3n) is 2.80. The van der Waals surface area contributed by atoms with Crippen LogP contribution in [0.15, 0.2) is 12.4 Å². The van der Waals surface area contributed by atoms with Gasteiger partial charge in [0.05, 0.1) is 19.3 Å². The zero-order chi connectivity index (χ0) is 11.4. The van der Waals surface area contributed by atoms with E-state index in [1.54, 1.807) is 0 Å². The second-order valence-corrected chi connectivity index (χ2v) is 3.82. The summed E-state index contributed by atoms with van der Waals surface area (Å²) in [5, 5.41) is 9.25. The van der Waals surface area contributed by atoms with Gasteiger partial charge in [-0.1, -0.05) is 0 Å². The molecule has 1 aliphatic rings. The number of aromatic nitrogens is 2. The largest absolute Gasteiger partial charge is 0.478 e. The number of hydrogen-bond donors (Lipinski definition) is 1. The molecule has 88 valence electrons. The monoisotopic (exact) mass is 223 g/mol. The van der Waals surface area contributed by atoms with E-state index < -0.39 is 0 Å². The Morgan fingerprint density at radius 3 is 3.19 bits per heavy atom. The van der Waals surface area contributed by atoms with Crippen LogP contribution < -0.4 is 9.64 Å². The smallest absolute Gasteiger partial charge is 0.218 e. The molecule has 0 radical (unpaired) electrons. The van der Waals surface area contributed by atoms with Crippen molar-refractivity contribution in [2.24, 2.45) is 0 Å². The number of ether oxygens (including phenoxy) is 1. The summed E-state index contributed by atoms with van der Waals surface area (Å²) in [7, 11) is 0. The summed E-state index contributed by atoms with van der Waals surface area (Å²) in [5.41, 5.74) is 0. The molecule has 0 spiro atoms. The van der Waals surface area contributed by atoms with Crippen LogP contribution in [-0.2, 0) is 0 Å². The van der Waals surface area contributed by atoms with Gasteiger partial charge in [-0.3, -0.25) is 0 Å². The van der Waals surface area contributed by atoms with Gasteiger partial charge in [0, 0.05) is 12.6 Å². The Morgan fingerprint density at radius 1 is 1.56 bits per heavy atom. The first kappa shape index (κ1) is 11.1. The number of nitrogens with zero attached hydrogens (tertiary/aromatic N) is 3. The van der Waals surface area contributed by atoms with Crippen molar-refractivity contribution in [3.63, 3.8) is 0 Å². The quantitative estimate of drug-likeness (QED) is 0.819. The summed E-state index contributed by atoms with van der Waals surface area (Å²) >= 11 is 0. The Kier molecular flexibility index (Phi) is 3.56. The maximum Gasteiger partial charge on any atom is 0.218 e. The van der Waals surface area contributed by atoms with Gasteiger partial charge in [0.1, 0.15) is 12.1 Å². The molecule has 1 N–H and O–H groups in total. The van der Waals surface area contributed by atoms with Crippen molar-refractivity contribution in [2.75, 3.05) is 24.7 Å². The minimum atomic E-state index is 0.175. The third kappa shape index (κ3) is 2.24. The summed E-state index contributed by atoms with van der Waals surface area (Å²) in [6.45, 7) is 3.63.